The fourth-order valence-electron chi connectivity index (χ4n) is 14.7. The molecule has 9 aromatic carbocycles. The Labute approximate surface area is 778 Å². The van der Waals surface area contributed by atoms with Crippen LogP contribution in [0.15, 0.2) is 169 Å². The molecule has 13 aromatic rings. The number of methoxy groups -OCH3 is 6. The molecular weight excluding hydrogens is 1860 g/mol. The van der Waals surface area contributed by atoms with Crippen LogP contribution in [0.4, 0.5) is 118 Å². The van der Waals surface area contributed by atoms with Gasteiger partial charge < -0.3 is 101 Å². The van der Waals surface area contributed by atoms with Crippen LogP contribution in [0.5, 0.6) is 51.7 Å². The van der Waals surface area contributed by atoms with Gasteiger partial charge in [0, 0.05) is 123 Å². The number of nitrogens with two attached hydrogens (primary N) is 1. The number of rotatable bonds is 27. The number of hydrogen-bond donors (Lipinski definition) is 10. The monoisotopic (exact) mass is 1950 g/mol. The minimum atomic E-state index is -0.868. The summed E-state index contributed by atoms with van der Waals surface area (Å²) in [6.45, 7) is 26.0. The van der Waals surface area contributed by atoms with Gasteiger partial charge in [-0.3, -0.25) is 14.7 Å². The second-order valence-electron chi connectivity index (χ2n) is 29.5. The number of benzene rings is 9. The quantitative estimate of drug-likeness (QED) is 0.00571. The zero-order valence-electron chi connectivity index (χ0n) is 73.7. The summed E-state index contributed by atoms with van der Waals surface area (Å²) in [7, 11) is 9.46. The number of nitro groups is 1. The summed E-state index contributed by atoms with van der Waals surface area (Å²) in [5.41, 5.74) is 14.0. The van der Waals surface area contributed by atoms with Gasteiger partial charge in [-0.1, -0.05) is 40.8 Å². The smallest absolute Gasteiger partial charge is 0.329 e. The number of H-pyrrole nitrogens is 1. The van der Waals surface area contributed by atoms with Gasteiger partial charge in [-0.05, 0) is 109 Å². The van der Waals surface area contributed by atoms with Gasteiger partial charge in [0.05, 0.1) is 157 Å². The topological polar surface area (TPSA) is 386 Å². The molecule has 134 heavy (non-hydrogen) atoms. The van der Waals surface area contributed by atoms with Crippen LogP contribution in [0.3, 0.4) is 0 Å². The van der Waals surface area contributed by atoms with Crippen molar-refractivity contribution in [2.24, 2.45) is 0 Å². The Morgan fingerprint density at radius 3 is 1.30 bits per heavy atom. The van der Waals surface area contributed by atoms with E-state index in [2.05, 4.69) is 92.0 Å². The highest BCUT2D eigenvalue weighted by molar-refractivity contribution is 14.1. The molecule has 692 valence electrons. The Morgan fingerprint density at radius 2 is 0.896 bits per heavy atom. The molecule has 11 N–H and O–H groups in total. The maximum atomic E-state index is 14.5. The van der Waals surface area contributed by atoms with Gasteiger partial charge >= 0.3 is 11.4 Å². The van der Waals surface area contributed by atoms with Crippen molar-refractivity contribution in [2.45, 2.75) is 69.9 Å². The average Bonchev–Trinajstić information content (AvgIpc) is 1.68. The van der Waals surface area contributed by atoms with E-state index in [1.807, 2.05) is 52.9 Å². The third-order valence-electron chi connectivity index (χ3n) is 21.2. The van der Waals surface area contributed by atoms with Crippen molar-refractivity contribution in [3.8, 4) is 51.7 Å². The number of nitrogens with zero attached hydrogens (tertiary/aromatic N) is 11. The van der Waals surface area contributed by atoms with E-state index in [1.54, 1.807) is 122 Å². The van der Waals surface area contributed by atoms with Gasteiger partial charge in [-0.25, -0.2) is 60.6 Å². The Kier molecular flexibility index (Phi) is 31.6. The first-order valence-corrected chi connectivity index (χ1v) is 42.6. The number of imidazole rings is 1. The largest absolute Gasteiger partial charge is 0.497 e. The van der Waals surface area contributed by atoms with Gasteiger partial charge in [-0.15, -0.1) is 0 Å². The molecule has 3 unspecified atom stereocenters. The fraction of sp³-hybridized carbons (Fsp3) is 0.247. The van der Waals surface area contributed by atoms with Crippen molar-refractivity contribution < 1.29 is 80.0 Å². The first kappa shape index (κ1) is 94.2. The zero-order chi connectivity index (χ0) is 95.8. The number of anilines is 12. The van der Waals surface area contributed by atoms with Crippen LogP contribution in [0.2, 0.25) is 0 Å². The number of aromatic amines is 1. The Bertz CT molecular complexity index is 6660. The van der Waals surface area contributed by atoms with Crippen LogP contribution < -0.4 is 96.6 Å². The van der Waals surface area contributed by atoms with Crippen molar-refractivity contribution in [3.63, 3.8) is 0 Å². The molecule has 3 atom stereocenters. The lowest BCUT2D eigenvalue weighted by Gasteiger charge is -2.27. The van der Waals surface area contributed by atoms with E-state index < -0.39 is 69.3 Å². The molecule has 17 rings (SSSR count). The minimum Gasteiger partial charge on any atom is -0.497 e. The lowest BCUT2D eigenvalue weighted by molar-refractivity contribution is -0.384. The predicted octanol–water partition coefficient (Wildman–Crippen LogP) is 20.3. The highest BCUT2D eigenvalue weighted by Crippen LogP contribution is 2.44. The van der Waals surface area contributed by atoms with Gasteiger partial charge in [0.15, 0.2) is 63.2 Å². The van der Waals surface area contributed by atoms with Crippen molar-refractivity contribution >= 4 is 126 Å². The zero-order valence-corrected chi connectivity index (χ0v) is 74.8. The number of nitrogen functional groups attached to an aromatic ring is 1. The number of halogens is 7. The molecule has 4 aromatic heterocycles. The molecular formula is C93H88F6IN21O13. The van der Waals surface area contributed by atoms with Gasteiger partial charge in [-0.2, -0.15) is 15.0 Å². The average molecular weight is 1950 g/mol. The van der Waals surface area contributed by atoms with Crippen LogP contribution >= 0.6 is 22.6 Å². The molecule has 0 saturated carbocycles. The number of aromatic nitrogens is 8. The third kappa shape index (κ3) is 23.2. The van der Waals surface area contributed by atoms with E-state index in [-0.39, 0.29) is 95.4 Å². The summed E-state index contributed by atoms with van der Waals surface area (Å²) in [5.74, 6) is -0.613. The van der Waals surface area contributed by atoms with E-state index in [4.69, 9.17) is 74.2 Å². The van der Waals surface area contributed by atoms with Crippen molar-refractivity contribution in [3.05, 3.63) is 287 Å². The third-order valence-corrected chi connectivity index (χ3v) is 21.2. The number of nitrogens with one attached hydrogen (secondary N) is 9. The maximum absolute atomic E-state index is 14.5. The van der Waals surface area contributed by atoms with E-state index in [9.17, 15) is 41.3 Å². The second kappa shape index (κ2) is 45.0. The first-order valence-electron chi connectivity index (χ1n) is 41.8. The van der Waals surface area contributed by atoms with Gasteiger partial charge in [0.1, 0.15) is 63.7 Å². The van der Waals surface area contributed by atoms with Gasteiger partial charge in [0.25, 0.3) is 0 Å². The molecule has 41 heteroatoms. The van der Waals surface area contributed by atoms with Crippen LogP contribution in [-0.2, 0) is 24.4 Å². The fourth-order valence-corrected chi connectivity index (χ4v) is 14.7. The Balaban J connectivity index is 0.000000164. The number of ether oxygens (including phenoxy) is 10. The van der Waals surface area contributed by atoms with Crippen LogP contribution in [0.25, 0.3) is 25.7 Å². The standard InChI is InChI=1S/C30H25F2N7O4.C29H25F2N7O5.C29H27F2N7O3.C4H8O.CH3I/c1-33-18-5-7-22(34-14-16-4-6-19(41-2)13-26(16)42-3)23(12-18)36-29-35-15-24-28(38-29)39(30(40)37-24)25-8-9-43-27-20(25)10-17(31)11-21(27)32;1-32-18-5-7-23(33-14-16-4-6-19(41-2)13-26(16)42-3)24(12-18)36-29-34-15-25(38(39)40)28(37-29)35-22-8-9-43-27-20(22)10-17(30)11-21(27)31;1-33-18-5-7-24(34-14-16-4-6-19(39-2)13-26(16)40-3)25(12-18)37-29-35-15-22(32)28(38-29)36-23-8-9-41-27-20(23)10-17(30)11-21(27)31;1-2-4-5-3-1;1-2/h4-7,10-13,15,25,34H,8-9,14H2,2-3H3,(H,37,40)(H,35,36,38);4-7,10-13,15,22,33H,8-9,14H2,2-3H3,(H2,34,35,36,37);4-7,10-13,15,23,34H,8-9,14,32H2,2-3H3,(H2,35,36,37,38);1-4H2;1H3/i;;;;1D. The van der Waals surface area contributed by atoms with E-state index in [1.165, 1.54) is 41.9 Å². The molecule has 0 bridgehead atoms. The maximum Gasteiger partial charge on any atom is 0.329 e. The molecule has 8 heterocycles. The second-order valence-corrected chi connectivity index (χ2v) is 29.5. The summed E-state index contributed by atoms with van der Waals surface area (Å²) in [6.07, 6.45) is 7.47. The first-order chi connectivity index (χ1) is 65.5. The molecule has 1 saturated heterocycles. The molecule has 0 amide bonds. The van der Waals surface area contributed by atoms with Crippen molar-refractivity contribution in [1.29, 1.82) is 0 Å². The summed E-state index contributed by atoms with van der Waals surface area (Å²) in [5, 5.41) is 37.2. The SMILES string of the molecule is C1CCOC1.[2H]CI.[C-]#[N+]c1ccc(NCc2ccc(OC)cc2OC)c(Nc2ncc(N)c(NC3CCOc4c(F)cc(F)cc43)n2)c1.[C-]#[N+]c1ccc(NCc2ccc(OC)cc2OC)c(Nc2ncc([N+](=O)[O-])c(NC3CCOc4c(F)cc(F)cc43)n2)c1.[C-]#[N+]c1ccc(NCc2ccc(OC)cc2OC)c(Nc2ncc3[nH]c(=O)n(C4CCOc5c(F)cc(F)cc54)c3n2)c1. The number of alkyl halides is 1. The molecule has 0 radical (unpaired) electrons. The molecule has 0 spiro atoms. The normalized spacial score (nSPS) is 14.1. The highest BCUT2D eigenvalue weighted by atomic mass is 127. The Hall–Kier alpha value is -16.0. The summed E-state index contributed by atoms with van der Waals surface area (Å²) in [6, 6.07) is 35.5. The molecule has 4 aliphatic heterocycles. The van der Waals surface area contributed by atoms with E-state index in [0.717, 1.165) is 54.3 Å². The summed E-state index contributed by atoms with van der Waals surface area (Å²) >= 11 is 1.96. The lowest BCUT2D eigenvalue weighted by Crippen LogP contribution is -2.28. The lowest BCUT2D eigenvalue weighted by atomic mass is 10.00. The highest BCUT2D eigenvalue weighted by Gasteiger charge is 2.33. The molecule has 1 fully saturated rings. The van der Waals surface area contributed by atoms with Crippen LogP contribution in [0.1, 0.15) is 85.0 Å². The molecule has 34 nitrogen and oxygen atoms in total. The van der Waals surface area contributed by atoms with Crippen molar-refractivity contribution in [2.75, 3.05) is 129 Å². The summed E-state index contributed by atoms with van der Waals surface area (Å²) < 4.78 is 146. The molecule has 4 aliphatic rings. The summed E-state index contributed by atoms with van der Waals surface area (Å²) in [4.78, 5) is 64.1. The van der Waals surface area contributed by atoms with E-state index in [0.29, 0.717) is 140 Å². The predicted molar refractivity (Wildman–Crippen MR) is 502 cm³/mol. The number of hydrogen-bond acceptors (Lipinski definition) is 28. The number of fused-ring (bicyclic) bond motifs is 4. The minimum absolute atomic E-state index is 0.00120. The van der Waals surface area contributed by atoms with Crippen LogP contribution in [-0.4, -0.2) is 125 Å². The van der Waals surface area contributed by atoms with E-state index >= 15 is 0 Å². The van der Waals surface area contributed by atoms with Crippen molar-refractivity contribution in [1.82, 2.24) is 39.5 Å². The Morgan fingerprint density at radius 1 is 0.507 bits per heavy atom. The van der Waals surface area contributed by atoms with Gasteiger partial charge in [0.2, 0.25) is 23.7 Å². The van der Waals surface area contributed by atoms with Crippen LogP contribution in [0, 0.1) is 64.7 Å². The molecule has 0 aliphatic carbocycles.